The molecule has 3 aromatic rings. The van der Waals surface area contributed by atoms with Crippen molar-refractivity contribution in [1.82, 2.24) is 9.55 Å². The molecule has 0 aliphatic heterocycles. The third-order valence-corrected chi connectivity index (χ3v) is 4.72. The Bertz CT molecular complexity index is 999. The van der Waals surface area contributed by atoms with Crippen molar-refractivity contribution in [3.8, 4) is 11.1 Å². The number of esters is 1. The molecular weight excluding hydrogens is 387 g/mol. The van der Waals surface area contributed by atoms with Crippen molar-refractivity contribution in [1.29, 1.82) is 0 Å². The van der Waals surface area contributed by atoms with E-state index in [-0.39, 0.29) is 16.8 Å². The van der Waals surface area contributed by atoms with Crippen LogP contribution in [0.2, 0.25) is 5.02 Å². The monoisotopic (exact) mass is 406 g/mol. The minimum absolute atomic E-state index is 0.0511. The lowest BCUT2D eigenvalue weighted by molar-refractivity contribution is 0.0594. The summed E-state index contributed by atoms with van der Waals surface area (Å²) < 4.78 is 31.3. The van der Waals surface area contributed by atoms with Gasteiger partial charge in [0.2, 0.25) is 0 Å². The lowest BCUT2D eigenvalue weighted by Crippen LogP contribution is -2.19. The van der Waals surface area contributed by atoms with Crippen molar-refractivity contribution in [2.75, 3.05) is 34.5 Å². The Hall–Kier alpha value is -2.48. The number of carbonyl (C=O) groups excluding carboxylic acids is 1. The summed E-state index contributed by atoms with van der Waals surface area (Å²) in [5, 5.41) is 0.807. The summed E-state index contributed by atoms with van der Waals surface area (Å²) >= 11 is 5.82. The van der Waals surface area contributed by atoms with Crippen molar-refractivity contribution < 1.29 is 23.4 Å². The van der Waals surface area contributed by atoms with Gasteiger partial charge < -0.3 is 18.8 Å². The van der Waals surface area contributed by atoms with Gasteiger partial charge in [-0.15, -0.1) is 0 Å². The molecule has 0 atom stereocenters. The van der Waals surface area contributed by atoms with Gasteiger partial charge in [-0.1, -0.05) is 17.7 Å². The van der Waals surface area contributed by atoms with E-state index in [0.29, 0.717) is 24.4 Å². The molecule has 6 nitrogen and oxygen atoms in total. The molecule has 0 amide bonds. The van der Waals surface area contributed by atoms with Crippen LogP contribution in [0.25, 0.3) is 22.2 Å². The van der Waals surface area contributed by atoms with E-state index in [1.165, 1.54) is 19.2 Å². The molecule has 148 valence electrons. The Morgan fingerprint density at radius 1 is 1.18 bits per heavy atom. The molecule has 28 heavy (non-hydrogen) atoms. The van der Waals surface area contributed by atoms with Crippen LogP contribution in [0.1, 0.15) is 16.5 Å². The molecule has 0 bridgehead atoms. The van der Waals surface area contributed by atoms with Crippen LogP contribution in [0.15, 0.2) is 36.5 Å². The SMILES string of the molecule is COCC(COC)n1cc(-c2ccc(Cl)c(F)c2)c2ccc(C(=O)OC)nc21. The van der Waals surface area contributed by atoms with Gasteiger partial charge in [-0.2, -0.15) is 0 Å². The zero-order valence-corrected chi connectivity index (χ0v) is 16.5. The fourth-order valence-electron chi connectivity index (χ4n) is 3.11. The minimum Gasteiger partial charge on any atom is -0.464 e. The van der Waals surface area contributed by atoms with Crippen LogP contribution in [0.4, 0.5) is 4.39 Å². The maximum absolute atomic E-state index is 14.0. The number of benzene rings is 1. The molecule has 0 saturated heterocycles. The van der Waals surface area contributed by atoms with Gasteiger partial charge in [-0.25, -0.2) is 14.2 Å². The normalized spacial score (nSPS) is 11.4. The number of methoxy groups -OCH3 is 3. The van der Waals surface area contributed by atoms with Gasteiger partial charge in [-0.05, 0) is 29.8 Å². The zero-order chi connectivity index (χ0) is 20.3. The molecule has 8 heteroatoms. The first kappa shape index (κ1) is 20.3. The van der Waals surface area contributed by atoms with Crippen LogP contribution in [0.3, 0.4) is 0 Å². The van der Waals surface area contributed by atoms with E-state index in [1.54, 1.807) is 32.4 Å². The molecule has 0 unspecified atom stereocenters. The van der Waals surface area contributed by atoms with E-state index in [9.17, 15) is 9.18 Å². The second-order valence-electron chi connectivity index (χ2n) is 6.20. The molecule has 0 radical (unpaired) electrons. The van der Waals surface area contributed by atoms with E-state index in [1.807, 2.05) is 10.8 Å². The van der Waals surface area contributed by atoms with Crippen LogP contribution in [-0.4, -0.2) is 50.1 Å². The number of halogens is 2. The van der Waals surface area contributed by atoms with Gasteiger partial charge in [0.1, 0.15) is 11.5 Å². The van der Waals surface area contributed by atoms with Crippen molar-refractivity contribution in [3.63, 3.8) is 0 Å². The molecule has 0 spiro atoms. The van der Waals surface area contributed by atoms with E-state index >= 15 is 0 Å². The second-order valence-corrected chi connectivity index (χ2v) is 6.61. The fourth-order valence-corrected chi connectivity index (χ4v) is 3.23. The molecule has 0 fully saturated rings. The average molecular weight is 407 g/mol. The fraction of sp³-hybridized carbons (Fsp3) is 0.300. The lowest BCUT2D eigenvalue weighted by Gasteiger charge is -2.18. The van der Waals surface area contributed by atoms with Crippen LogP contribution >= 0.6 is 11.6 Å². The van der Waals surface area contributed by atoms with E-state index in [4.69, 9.17) is 25.8 Å². The highest BCUT2D eigenvalue weighted by molar-refractivity contribution is 6.30. The van der Waals surface area contributed by atoms with Gasteiger partial charge in [-0.3, -0.25) is 0 Å². The molecule has 1 aromatic carbocycles. The van der Waals surface area contributed by atoms with Crippen LogP contribution in [0.5, 0.6) is 0 Å². The molecule has 2 heterocycles. The van der Waals surface area contributed by atoms with Crippen molar-refractivity contribution >= 4 is 28.6 Å². The molecule has 0 aliphatic carbocycles. The highest BCUT2D eigenvalue weighted by Gasteiger charge is 2.21. The molecule has 3 rings (SSSR count). The van der Waals surface area contributed by atoms with Gasteiger partial charge in [0.25, 0.3) is 0 Å². The Balaban J connectivity index is 2.24. The van der Waals surface area contributed by atoms with Gasteiger partial charge >= 0.3 is 5.97 Å². The summed E-state index contributed by atoms with van der Waals surface area (Å²) in [6.07, 6.45) is 1.85. The quantitative estimate of drug-likeness (QED) is 0.552. The minimum atomic E-state index is -0.538. The topological polar surface area (TPSA) is 62.6 Å². The number of hydrogen-bond donors (Lipinski definition) is 0. The van der Waals surface area contributed by atoms with Gasteiger partial charge in [0.05, 0.1) is 31.4 Å². The first-order valence-corrected chi connectivity index (χ1v) is 8.91. The number of hydrogen-bond acceptors (Lipinski definition) is 5. The lowest BCUT2D eigenvalue weighted by atomic mass is 10.1. The Labute approximate surface area is 166 Å². The Kier molecular flexibility index (Phi) is 6.28. The first-order valence-electron chi connectivity index (χ1n) is 8.53. The predicted octanol–water partition coefficient (Wildman–Crippen LogP) is 4.12. The highest BCUT2D eigenvalue weighted by atomic mass is 35.5. The van der Waals surface area contributed by atoms with E-state index in [2.05, 4.69) is 4.98 Å². The largest absolute Gasteiger partial charge is 0.464 e. The summed E-state index contributed by atoms with van der Waals surface area (Å²) in [7, 11) is 4.49. The predicted molar refractivity (Wildman–Crippen MR) is 104 cm³/mol. The summed E-state index contributed by atoms with van der Waals surface area (Å²) in [5.74, 6) is -1.05. The van der Waals surface area contributed by atoms with E-state index in [0.717, 1.165) is 10.9 Å². The van der Waals surface area contributed by atoms with E-state index < -0.39 is 11.8 Å². The number of aromatic nitrogens is 2. The van der Waals surface area contributed by atoms with Crippen LogP contribution in [0, 0.1) is 5.82 Å². The number of nitrogens with zero attached hydrogens (tertiary/aromatic N) is 2. The maximum atomic E-state index is 14.0. The molecule has 0 saturated carbocycles. The Morgan fingerprint density at radius 2 is 1.89 bits per heavy atom. The van der Waals surface area contributed by atoms with Gasteiger partial charge in [0.15, 0.2) is 5.69 Å². The summed E-state index contributed by atoms with van der Waals surface area (Å²) in [6.45, 7) is 0.742. The maximum Gasteiger partial charge on any atom is 0.356 e. The summed E-state index contributed by atoms with van der Waals surface area (Å²) in [5.41, 5.74) is 2.13. The third-order valence-electron chi connectivity index (χ3n) is 4.41. The van der Waals surface area contributed by atoms with Crippen molar-refractivity contribution in [2.45, 2.75) is 6.04 Å². The number of pyridine rings is 1. The van der Waals surface area contributed by atoms with Gasteiger partial charge in [0, 0.05) is 31.4 Å². The standard InChI is InChI=1S/C20H20ClFN2O4/c1-26-10-13(11-27-2)24-9-15(12-4-6-16(21)17(22)8-12)14-5-7-18(20(25)28-3)23-19(14)24/h4-9,13H,10-11H2,1-3H3. The van der Waals surface area contributed by atoms with Crippen molar-refractivity contribution in [3.05, 3.63) is 53.1 Å². The number of rotatable bonds is 7. The zero-order valence-electron chi connectivity index (χ0n) is 15.7. The average Bonchev–Trinajstić information content (AvgIpc) is 3.08. The summed E-state index contributed by atoms with van der Waals surface area (Å²) in [4.78, 5) is 16.4. The number of ether oxygens (including phenoxy) is 3. The van der Waals surface area contributed by atoms with Crippen LogP contribution in [-0.2, 0) is 14.2 Å². The highest BCUT2D eigenvalue weighted by Crippen LogP contribution is 2.33. The first-order chi connectivity index (χ1) is 13.5. The number of carbonyl (C=O) groups is 1. The molecule has 0 aliphatic rings. The Morgan fingerprint density at radius 3 is 2.50 bits per heavy atom. The second kappa shape index (κ2) is 8.68. The molecule has 2 aromatic heterocycles. The van der Waals surface area contributed by atoms with Crippen LogP contribution < -0.4 is 0 Å². The number of fused-ring (bicyclic) bond motifs is 1. The molecular formula is C20H20ClFN2O4. The van der Waals surface area contributed by atoms with Crippen molar-refractivity contribution in [2.24, 2.45) is 0 Å². The molecule has 0 N–H and O–H groups in total. The summed E-state index contributed by atoms with van der Waals surface area (Å²) in [6, 6.07) is 7.77. The smallest absolute Gasteiger partial charge is 0.356 e. The third kappa shape index (κ3) is 3.87.